The summed E-state index contributed by atoms with van der Waals surface area (Å²) in [6, 6.07) is 16.6. The highest BCUT2D eigenvalue weighted by atomic mass is 79.9. The number of benzene rings is 2. The van der Waals surface area contributed by atoms with Gasteiger partial charge in [0.25, 0.3) is 0 Å². The first-order valence-electron chi connectivity index (χ1n) is 5.29. The molecule has 2 aromatic carbocycles. The van der Waals surface area contributed by atoms with Crippen LogP contribution in [0.25, 0.3) is 0 Å². The average molecular weight is 276 g/mol. The Morgan fingerprint density at radius 1 is 1.06 bits per heavy atom. The van der Waals surface area contributed by atoms with E-state index in [0.717, 1.165) is 16.7 Å². The molecular weight excluding hydrogens is 262 g/mol. The van der Waals surface area contributed by atoms with E-state index >= 15 is 0 Å². The van der Waals surface area contributed by atoms with E-state index in [1.54, 1.807) is 0 Å². The fourth-order valence-corrected chi connectivity index (χ4v) is 2.09. The zero-order chi connectivity index (χ0) is 11.4. The Balaban J connectivity index is 2.05. The molecule has 2 rings (SSSR count). The summed E-state index contributed by atoms with van der Waals surface area (Å²) < 4.78 is 1.13. The maximum Gasteiger partial charge on any atom is 0.0403 e. The molecule has 1 N–H and O–H groups in total. The van der Waals surface area contributed by atoms with E-state index in [1.807, 2.05) is 18.2 Å². The van der Waals surface area contributed by atoms with Crippen LogP contribution in [-0.2, 0) is 6.54 Å². The molecule has 0 aliphatic rings. The van der Waals surface area contributed by atoms with Crippen LogP contribution in [0.3, 0.4) is 0 Å². The number of hydrogen-bond donors (Lipinski definition) is 1. The molecule has 0 atom stereocenters. The summed E-state index contributed by atoms with van der Waals surface area (Å²) >= 11 is 3.47. The molecule has 0 aliphatic carbocycles. The molecule has 0 heterocycles. The summed E-state index contributed by atoms with van der Waals surface area (Å²) in [7, 11) is 0. The lowest BCUT2D eigenvalue weighted by atomic mass is 10.1. The van der Waals surface area contributed by atoms with Gasteiger partial charge in [0.05, 0.1) is 0 Å². The van der Waals surface area contributed by atoms with E-state index < -0.39 is 0 Å². The van der Waals surface area contributed by atoms with Gasteiger partial charge < -0.3 is 5.32 Å². The summed E-state index contributed by atoms with van der Waals surface area (Å²) in [5.41, 5.74) is 3.79. The van der Waals surface area contributed by atoms with Crippen molar-refractivity contribution in [1.82, 2.24) is 0 Å². The largest absolute Gasteiger partial charge is 0.381 e. The van der Waals surface area contributed by atoms with E-state index in [4.69, 9.17) is 0 Å². The van der Waals surface area contributed by atoms with Gasteiger partial charge in [-0.3, -0.25) is 0 Å². The third-order valence-electron chi connectivity index (χ3n) is 2.56. The van der Waals surface area contributed by atoms with Gasteiger partial charge in [0.2, 0.25) is 0 Å². The van der Waals surface area contributed by atoms with E-state index in [0.29, 0.717) is 0 Å². The van der Waals surface area contributed by atoms with Crippen molar-refractivity contribution in [3.63, 3.8) is 0 Å². The molecule has 0 spiro atoms. The van der Waals surface area contributed by atoms with Crippen molar-refractivity contribution in [2.75, 3.05) is 5.32 Å². The van der Waals surface area contributed by atoms with Crippen LogP contribution in [-0.4, -0.2) is 0 Å². The standard InChI is InChI=1S/C14H14BrN/c1-11-9-13(15)8-7-12(11)10-16-14-5-3-2-4-6-14/h2-9,16H,10H2,1H3. The normalized spacial score (nSPS) is 10.1. The first kappa shape index (κ1) is 11.2. The Labute approximate surface area is 105 Å². The molecule has 2 aromatic rings. The van der Waals surface area contributed by atoms with Gasteiger partial charge in [0.1, 0.15) is 0 Å². The number of aryl methyl sites for hydroxylation is 1. The van der Waals surface area contributed by atoms with Crippen LogP contribution in [0.2, 0.25) is 0 Å². The summed E-state index contributed by atoms with van der Waals surface area (Å²) in [6.07, 6.45) is 0. The third-order valence-corrected chi connectivity index (χ3v) is 3.05. The minimum absolute atomic E-state index is 0.864. The summed E-state index contributed by atoms with van der Waals surface area (Å²) in [5.74, 6) is 0. The molecule has 0 radical (unpaired) electrons. The number of anilines is 1. The van der Waals surface area contributed by atoms with Gasteiger partial charge in [-0.05, 0) is 42.3 Å². The van der Waals surface area contributed by atoms with Crippen LogP contribution < -0.4 is 5.32 Å². The van der Waals surface area contributed by atoms with Gasteiger partial charge in [-0.1, -0.05) is 40.2 Å². The highest BCUT2D eigenvalue weighted by Crippen LogP contribution is 2.17. The maximum atomic E-state index is 3.47. The van der Waals surface area contributed by atoms with Gasteiger partial charge in [-0.2, -0.15) is 0 Å². The van der Waals surface area contributed by atoms with Crippen LogP contribution in [0.5, 0.6) is 0 Å². The van der Waals surface area contributed by atoms with Crippen LogP contribution in [0.4, 0.5) is 5.69 Å². The summed E-state index contributed by atoms with van der Waals surface area (Å²) in [5, 5.41) is 3.41. The van der Waals surface area contributed by atoms with E-state index in [-0.39, 0.29) is 0 Å². The molecule has 0 saturated carbocycles. The van der Waals surface area contributed by atoms with Crippen molar-refractivity contribution in [3.05, 3.63) is 64.1 Å². The quantitative estimate of drug-likeness (QED) is 0.877. The molecule has 82 valence electrons. The monoisotopic (exact) mass is 275 g/mol. The van der Waals surface area contributed by atoms with Crippen molar-refractivity contribution < 1.29 is 0 Å². The van der Waals surface area contributed by atoms with Gasteiger partial charge in [0, 0.05) is 16.7 Å². The zero-order valence-corrected chi connectivity index (χ0v) is 10.8. The third kappa shape index (κ3) is 2.86. The Hall–Kier alpha value is -1.28. The number of halogens is 1. The smallest absolute Gasteiger partial charge is 0.0403 e. The topological polar surface area (TPSA) is 12.0 Å². The SMILES string of the molecule is Cc1cc(Br)ccc1CNc1ccccc1. The minimum atomic E-state index is 0.864. The summed E-state index contributed by atoms with van der Waals surface area (Å²) in [4.78, 5) is 0. The van der Waals surface area contributed by atoms with Crippen LogP contribution >= 0.6 is 15.9 Å². The minimum Gasteiger partial charge on any atom is -0.381 e. The molecular formula is C14H14BrN. The number of hydrogen-bond acceptors (Lipinski definition) is 1. The van der Waals surface area contributed by atoms with Crippen molar-refractivity contribution in [1.29, 1.82) is 0 Å². The molecule has 1 nitrogen and oxygen atoms in total. The van der Waals surface area contributed by atoms with Gasteiger partial charge in [-0.15, -0.1) is 0 Å². The molecule has 0 amide bonds. The van der Waals surface area contributed by atoms with Crippen molar-refractivity contribution in [2.45, 2.75) is 13.5 Å². The molecule has 0 aromatic heterocycles. The summed E-state index contributed by atoms with van der Waals surface area (Å²) in [6.45, 7) is 3.00. The fraction of sp³-hybridized carbons (Fsp3) is 0.143. The molecule has 0 saturated heterocycles. The number of rotatable bonds is 3. The second kappa shape index (κ2) is 5.17. The van der Waals surface area contributed by atoms with Crippen LogP contribution in [0.15, 0.2) is 53.0 Å². The second-order valence-corrected chi connectivity index (χ2v) is 4.71. The Kier molecular flexibility index (Phi) is 3.62. The van der Waals surface area contributed by atoms with E-state index in [1.165, 1.54) is 11.1 Å². The van der Waals surface area contributed by atoms with E-state index in [2.05, 4.69) is 58.5 Å². The van der Waals surface area contributed by atoms with Crippen LogP contribution in [0, 0.1) is 6.92 Å². The lowest BCUT2D eigenvalue weighted by Gasteiger charge is -2.09. The van der Waals surface area contributed by atoms with Crippen molar-refractivity contribution in [2.24, 2.45) is 0 Å². The van der Waals surface area contributed by atoms with E-state index in [9.17, 15) is 0 Å². The molecule has 2 heteroatoms. The zero-order valence-electron chi connectivity index (χ0n) is 9.20. The fourth-order valence-electron chi connectivity index (χ4n) is 1.61. The molecule has 0 bridgehead atoms. The molecule has 0 unspecified atom stereocenters. The van der Waals surface area contributed by atoms with Crippen LogP contribution in [0.1, 0.15) is 11.1 Å². The number of nitrogens with one attached hydrogen (secondary N) is 1. The Morgan fingerprint density at radius 3 is 2.50 bits per heavy atom. The first-order chi connectivity index (χ1) is 7.75. The Bertz CT molecular complexity index is 465. The van der Waals surface area contributed by atoms with Gasteiger partial charge >= 0.3 is 0 Å². The molecule has 0 fully saturated rings. The van der Waals surface area contributed by atoms with Gasteiger partial charge in [-0.25, -0.2) is 0 Å². The van der Waals surface area contributed by atoms with Crippen molar-refractivity contribution >= 4 is 21.6 Å². The number of para-hydroxylation sites is 1. The average Bonchev–Trinajstić information content (AvgIpc) is 2.29. The predicted molar refractivity (Wildman–Crippen MR) is 72.6 cm³/mol. The van der Waals surface area contributed by atoms with Gasteiger partial charge in [0.15, 0.2) is 0 Å². The van der Waals surface area contributed by atoms with Crippen molar-refractivity contribution in [3.8, 4) is 0 Å². The molecule has 0 aliphatic heterocycles. The Morgan fingerprint density at radius 2 is 1.81 bits per heavy atom. The second-order valence-electron chi connectivity index (χ2n) is 3.79. The first-order valence-corrected chi connectivity index (χ1v) is 6.09. The highest BCUT2D eigenvalue weighted by Gasteiger charge is 1.98. The maximum absolute atomic E-state index is 3.47. The lowest BCUT2D eigenvalue weighted by molar-refractivity contribution is 1.12. The molecule has 16 heavy (non-hydrogen) atoms. The predicted octanol–water partition coefficient (Wildman–Crippen LogP) is 4.37. The highest BCUT2D eigenvalue weighted by molar-refractivity contribution is 9.10. The lowest BCUT2D eigenvalue weighted by Crippen LogP contribution is -2.00.